The van der Waals surface area contributed by atoms with E-state index in [-0.39, 0.29) is 5.91 Å². The Morgan fingerprint density at radius 1 is 1.56 bits per heavy atom. The Bertz CT molecular complexity index is 398. The molecule has 0 aromatic carbocycles. The highest BCUT2D eigenvalue weighted by molar-refractivity contribution is 5.82. The zero-order chi connectivity index (χ0) is 11.8. The molecule has 0 bridgehead atoms. The van der Waals surface area contributed by atoms with Crippen LogP contribution in [0.3, 0.4) is 0 Å². The molecular weight excluding hydrogens is 206 g/mol. The fourth-order valence-corrected chi connectivity index (χ4v) is 1.76. The standard InChI is InChI=1S/C10H17N5O/c1-10(2,6-11)9(16)14-3-4-15-7-12-13-8(15)5-14/h7H,3-6,11H2,1-2H3. The minimum absolute atomic E-state index is 0.0873. The maximum atomic E-state index is 12.2. The van der Waals surface area contributed by atoms with Gasteiger partial charge in [0.1, 0.15) is 6.33 Å². The number of fused-ring (bicyclic) bond motifs is 1. The number of nitrogens with zero attached hydrogens (tertiary/aromatic N) is 4. The van der Waals surface area contributed by atoms with Gasteiger partial charge in [-0.05, 0) is 13.8 Å². The van der Waals surface area contributed by atoms with Gasteiger partial charge in [0.15, 0.2) is 5.82 Å². The van der Waals surface area contributed by atoms with E-state index in [1.54, 1.807) is 11.2 Å². The highest BCUT2D eigenvalue weighted by Crippen LogP contribution is 2.20. The van der Waals surface area contributed by atoms with E-state index in [2.05, 4.69) is 10.2 Å². The van der Waals surface area contributed by atoms with Crippen LogP contribution in [0, 0.1) is 5.41 Å². The Morgan fingerprint density at radius 3 is 3.00 bits per heavy atom. The van der Waals surface area contributed by atoms with E-state index in [1.165, 1.54) is 0 Å². The normalized spacial score (nSPS) is 16.1. The molecule has 1 aromatic heterocycles. The van der Waals surface area contributed by atoms with Crippen LogP contribution < -0.4 is 5.73 Å². The molecule has 6 nitrogen and oxygen atoms in total. The maximum absolute atomic E-state index is 12.2. The van der Waals surface area contributed by atoms with Gasteiger partial charge in [0.2, 0.25) is 5.91 Å². The van der Waals surface area contributed by atoms with Crippen molar-refractivity contribution in [3.63, 3.8) is 0 Å². The third-order valence-corrected chi connectivity index (χ3v) is 3.02. The number of hydrogen-bond donors (Lipinski definition) is 1. The minimum Gasteiger partial charge on any atom is -0.333 e. The summed E-state index contributed by atoms with van der Waals surface area (Å²) in [5, 5.41) is 7.82. The maximum Gasteiger partial charge on any atom is 0.229 e. The van der Waals surface area contributed by atoms with Gasteiger partial charge in [-0.25, -0.2) is 0 Å². The molecule has 0 fully saturated rings. The van der Waals surface area contributed by atoms with Crippen LogP contribution in [0.25, 0.3) is 0 Å². The van der Waals surface area contributed by atoms with Crippen molar-refractivity contribution in [3.8, 4) is 0 Å². The van der Waals surface area contributed by atoms with Gasteiger partial charge < -0.3 is 15.2 Å². The van der Waals surface area contributed by atoms with Crippen LogP contribution in [-0.4, -0.2) is 38.7 Å². The molecule has 2 heterocycles. The summed E-state index contributed by atoms with van der Waals surface area (Å²) in [6.45, 7) is 6.09. The van der Waals surface area contributed by atoms with Crippen molar-refractivity contribution < 1.29 is 4.79 Å². The molecule has 2 N–H and O–H groups in total. The quantitative estimate of drug-likeness (QED) is 0.740. The Labute approximate surface area is 94.4 Å². The van der Waals surface area contributed by atoms with Crippen LogP contribution in [0.5, 0.6) is 0 Å². The molecule has 6 heteroatoms. The summed E-state index contributed by atoms with van der Waals surface area (Å²) in [5.74, 6) is 0.927. The molecule has 0 radical (unpaired) electrons. The van der Waals surface area contributed by atoms with E-state index >= 15 is 0 Å². The zero-order valence-corrected chi connectivity index (χ0v) is 9.68. The van der Waals surface area contributed by atoms with Crippen molar-refractivity contribution in [2.45, 2.75) is 26.9 Å². The van der Waals surface area contributed by atoms with E-state index < -0.39 is 5.41 Å². The number of nitrogens with two attached hydrogens (primary N) is 1. The molecule has 1 aromatic rings. The number of carbonyl (C=O) groups excluding carboxylic acids is 1. The van der Waals surface area contributed by atoms with Crippen molar-refractivity contribution in [2.24, 2.45) is 11.1 Å². The van der Waals surface area contributed by atoms with E-state index in [0.717, 1.165) is 12.4 Å². The molecule has 88 valence electrons. The highest BCUT2D eigenvalue weighted by atomic mass is 16.2. The average Bonchev–Trinajstić information content (AvgIpc) is 2.74. The van der Waals surface area contributed by atoms with E-state index in [0.29, 0.717) is 19.6 Å². The molecule has 0 unspecified atom stereocenters. The number of carbonyl (C=O) groups is 1. The van der Waals surface area contributed by atoms with Crippen LogP contribution in [0.1, 0.15) is 19.7 Å². The molecular formula is C10H17N5O. The summed E-state index contributed by atoms with van der Waals surface area (Å²) < 4.78 is 1.97. The molecule has 0 aliphatic carbocycles. The van der Waals surface area contributed by atoms with Gasteiger partial charge in [-0.3, -0.25) is 4.79 Å². The minimum atomic E-state index is -0.498. The Balaban J connectivity index is 2.12. The van der Waals surface area contributed by atoms with E-state index in [9.17, 15) is 4.79 Å². The number of rotatable bonds is 2. The second kappa shape index (κ2) is 3.86. The van der Waals surface area contributed by atoms with Crippen molar-refractivity contribution in [2.75, 3.05) is 13.1 Å². The summed E-state index contributed by atoms with van der Waals surface area (Å²) >= 11 is 0. The van der Waals surface area contributed by atoms with Crippen LogP contribution in [-0.2, 0) is 17.9 Å². The first-order valence-electron chi connectivity index (χ1n) is 5.41. The predicted molar refractivity (Wildman–Crippen MR) is 58.3 cm³/mol. The summed E-state index contributed by atoms with van der Waals surface area (Å²) in [6, 6.07) is 0. The largest absolute Gasteiger partial charge is 0.333 e. The van der Waals surface area contributed by atoms with E-state index in [1.807, 2.05) is 18.4 Å². The van der Waals surface area contributed by atoms with Crippen molar-refractivity contribution in [3.05, 3.63) is 12.2 Å². The lowest BCUT2D eigenvalue weighted by atomic mass is 9.91. The number of hydrogen-bond acceptors (Lipinski definition) is 4. The van der Waals surface area contributed by atoms with Crippen molar-refractivity contribution >= 4 is 5.91 Å². The lowest BCUT2D eigenvalue weighted by Gasteiger charge is -2.33. The van der Waals surface area contributed by atoms with Crippen LogP contribution in [0.4, 0.5) is 0 Å². The van der Waals surface area contributed by atoms with Gasteiger partial charge >= 0.3 is 0 Å². The topological polar surface area (TPSA) is 77.0 Å². The van der Waals surface area contributed by atoms with Gasteiger partial charge in [-0.1, -0.05) is 0 Å². The molecule has 0 saturated carbocycles. The molecule has 1 aliphatic rings. The smallest absolute Gasteiger partial charge is 0.229 e. The summed E-state index contributed by atoms with van der Waals surface area (Å²) in [7, 11) is 0. The molecule has 1 amide bonds. The van der Waals surface area contributed by atoms with Gasteiger partial charge in [0, 0.05) is 19.6 Å². The molecule has 0 spiro atoms. The zero-order valence-electron chi connectivity index (χ0n) is 9.68. The Hall–Kier alpha value is -1.43. The van der Waals surface area contributed by atoms with Crippen molar-refractivity contribution in [1.29, 1.82) is 0 Å². The SMILES string of the molecule is CC(C)(CN)C(=O)N1CCn2cnnc2C1. The van der Waals surface area contributed by atoms with Gasteiger partial charge in [0.05, 0.1) is 12.0 Å². The Morgan fingerprint density at radius 2 is 2.31 bits per heavy atom. The van der Waals surface area contributed by atoms with E-state index in [4.69, 9.17) is 5.73 Å². The molecule has 0 saturated heterocycles. The van der Waals surface area contributed by atoms with Crippen LogP contribution >= 0.6 is 0 Å². The third kappa shape index (κ3) is 1.80. The highest BCUT2D eigenvalue weighted by Gasteiger charge is 2.32. The molecule has 2 rings (SSSR count). The van der Waals surface area contributed by atoms with Crippen molar-refractivity contribution in [1.82, 2.24) is 19.7 Å². The van der Waals surface area contributed by atoms with Gasteiger partial charge in [0.25, 0.3) is 0 Å². The second-order valence-electron chi connectivity index (χ2n) is 4.76. The first-order chi connectivity index (χ1) is 7.54. The van der Waals surface area contributed by atoms with Crippen LogP contribution in [0.15, 0.2) is 6.33 Å². The lowest BCUT2D eigenvalue weighted by Crippen LogP contribution is -2.47. The Kier molecular flexibility index (Phi) is 2.67. The lowest BCUT2D eigenvalue weighted by molar-refractivity contribution is -0.141. The fourth-order valence-electron chi connectivity index (χ4n) is 1.76. The summed E-state index contributed by atoms with van der Waals surface area (Å²) in [5.41, 5.74) is 5.11. The summed E-state index contributed by atoms with van der Waals surface area (Å²) in [6.07, 6.45) is 1.70. The third-order valence-electron chi connectivity index (χ3n) is 3.02. The number of amides is 1. The average molecular weight is 223 g/mol. The first kappa shape index (κ1) is 11.1. The number of aromatic nitrogens is 3. The summed E-state index contributed by atoms with van der Waals surface area (Å²) in [4.78, 5) is 14.0. The molecule has 16 heavy (non-hydrogen) atoms. The predicted octanol–water partition coefficient (Wildman–Crippen LogP) is -0.395. The van der Waals surface area contributed by atoms with Gasteiger partial charge in [-0.2, -0.15) is 0 Å². The fraction of sp³-hybridized carbons (Fsp3) is 0.700. The molecule has 1 aliphatic heterocycles. The second-order valence-corrected chi connectivity index (χ2v) is 4.76. The van der Waals surface area contributed by atoms with Crippen LogP contribution in [0.2, 0.25) is 0 Å². The first-order valence-corrected chi connectivity index (χ1v) is 5.41. The molecule has 0 atom stereocenters. The van der Waals surface area contributed by atoms with Gasteiger partial charge in [-0.15, -0.1) is 10.2 Å². The monoisotopic (exact) mass is 223 g/mol.